The fourth-order valence-electron chi connectivity index (χ4n) is 3.94. The molecule has 178 valence electrons. The fourth-order valence-corrected chi connectivity index (χ4v) is 3.94. The first kappa shape index (κ1) is 23.8. The van der Waals surface area contributed by atoms with E-state index in [0.717, 1.165) is 49.7 Å². The minimum absolute atomic E-state index is 0.129. The molecule has 0 radical (unpaired) electrons. The molecule has 0 bridgehead atoms. The summed E-state index contributed by atoms with van der Waals surface area (Å²) in [6, 6.07) is 25.1. The summed E-state index contributed by atoms with van der Waals surface area (Å²) in [7, 11) is 2.14. The number of hydrogen-bond acceptors (Lipinski definition) is 5. The van der Waals surface area contributed by atoms with E-state index in [4.69, 9.17) is 14.2 Å². The molecule has 1 fully saturated rings. The second-order valence-corrected chi connectivity index (χ2v) is 8.44. The van der Waals surface area contributed by atoms with E-state index in [1.54, 1.807) is 24.3 Å². The predicted octanol–water partition coefficient (Wildman–Crippen LogP) is 4.90. The number of hydrogen-bond donors (Lipinski definition) is 1. The molecule has 4 rings (SSSR count). The van der Waals surface area contributed by atoms with Gasteiger partial charge < -0.3 is 19.5 Å². The molecule has 34 heavy (non-hydrogen) atoms. The molecule has 0 atom stereocenters. The number of ether oxygens (including phenoxy) is 3. The number of carbonyl (C=O) groups excluding carboxylic acids is 1. The zero-order valence-electron chi connectivity index (χ0n) is 19.6. The number of benzene rings is 3. The lowest BCUT2D eigenvalue weighted by Crippen LogP contribution is -2.38. The van der Waals surface area contributed by atoms with E-state index >= 15 is 0 Å². The van der Waals surface area contributed by atoms with Gasteiger partial charge in [0, 0.05) is 37.9 Å². The zero-order chi connectivity index (χ0) is 23.6. The molecule has 0 unspecified atom stereocenters. The van der Waals surface area contributed by atoms with Crippen LogP contribution in [-0.2, 0) is 11.3 Å². The van der Waals surface area contributed by atoms with Crippen LogP contribution in [0.5, 0.6) is 17.2 Å². The van der Waals surface area contributed by atoms with E-state index in [9.17, 15) is 4.79 Å². The van der Waals surface area contributed by atoms with Gasteiger partial charge in [0.05, 0.1) is 0 Å². The average Bonchev–Trinajstić information content (AvgIpc) is 2.89. The standard InChI is InChI=1S/C28H32N2O4/c1-30(24-14-17-32-18-15-24)16-19-33-27-9-5-6-22(20-27)21-29-28(31)23-10-12-26(13-11-23)34-25-7-3-2-4-8-25/h2-13,20,24H,14-19,21H2,1H3,(H,29,31). The topological polar surface area (TPSA) is 60.0 Å². The molecular formula is C28H32N2O4. The minimum atomic E-state index is -0.129. The largest absolute Gasteiger partial charge is 0.492 e. The Balaban J connectivity index is 1.22. The van der Waals surface area contributed by atoms with Crippen LogP contribution in [0.2, 0.25) is 0 Å². The Kier molecular flexibility index (Phi) is 8.54. The molecule has 0 saturated carbocycles. The van der Waals surface area contributed by atoms with Gasteiger partial charge in [0.15, 0.2) is 0 Å². The molecule has 6 nitrogen and oxygen atoms in total. The molecule has 1 heterocycles. The van der Waals surface area contributed by atoms with Gasteiger partial charge in [-0.15, -0.1) is 0 Å². The maximum Gasteiger partial charge on any atom is 0.251 e. The van der Waals surface area contributed by atoms with Crippen LogP contribution >= 0.6 is 0 Å². The van der Waals surface area contributed by atoms with Crippen molar-refractivity contribution >= 4 is 5.91 Å². The Morgan fingerprint density at radius 2 is 1.65 bits per heavy atom. The molecule has 1 saturated heterocycles. The highest BCUT2D eigenvalue weighted by Crippen LogP contribution is 2.21. The number of likely N-dealkylation sites (N-methyl/N-ethyl adjacent to an activating group) is 1. The lowest BCUT2D eigenvalue weighted by atomic mass is 10.1. The second kappa shape index (κ2) is 12.2. The minimum Gasteiger partial charge on any atom is -0.492 e. The van der Waals surface area contributed by atoms with E-state index in [0.29, 0.717) is 30.5 Å². The maximum atomic E-state index is 12.6. The molecule has 6 heteroatoms. The Labute approximate surface area is 201 Å². The fraction of sp³-hybridized carbons (Fsp3) is 0.321. The maximum absolute atomic E-state index is 12.6. The van der Waals surface area contributed by atoms with Gasteiger partial charge in [0.1, 0.15) is 23.9 Å². The van der Waals surface area contributed by atoms with Gasteiger partial charge in [0.25, 0.3) is 5.91 Å². The van der Waals surface area contributed by atoms with Crippen LogP contribution in [0.15, 0.2) is 78.9 Å². The molecule has 3 aromatic carbocycles. The van der Waals surface area contributed by atoms with Crippen LogP contribution in [0.1, 0.15) is 28.8 Å². The second-order valence-electron chi connectivity index (χ2n) is 8.44. The number of para-hydroxylation sites is 1. The first-order valence-corrected chi connectivity index (χ1v) is 11.8. The Bertz CT molecular complexity index is 1030. The van der Waals surface area contributed by atoms with Crippen LogP contribution in [0, 0.1) is 0 Å². The van der Waals surface area contributed by atoms with E-state index in [2.05, 4.69) is 17.3 Å². The van der Waals surface area contributed by atoms with Gasteiger partial charge in [-0.1, -0.05) is 30.3 Å². The summed E-state index contributed by atoms with van der Waals surface area (Å²) in [5, 5.41) is 2.97. The van der Waals surface area contributed by atoms with Crippen molar-refractivity contribution in [3.8, 4) is 17.2 Å². The molecule has 0 aromatic heterocycles. The number of nitrogens with one attached hydrogen (secondary N) is 1. The van der Waals surface area contributed by atoms with Crippen molar-refractivity contribution in [2.45, 2.75) is 25.4 Å². The molecule has 1 aliphatic heterocycles. The number of rotatable bonds is 10. The van der Waals surface area contributed by atoms with Crippen molar-refractivity contribution in [3.05, 3.63) is 90.0 Å². The smallest absolute Gasteiger partial charge is 0.251 e. The van der Waals surface area contributed by atoms with Crippen molar-refractivity contribution in [2.75, 3.05) is 33.4 Å². The third kappa shape index (κ3) is 7.07. The third-order valence-corrected chi connectivity index (χ3v) is 5.97. The van der Waals surface area contributed by atoms with Gasteiger partial charge in [-0.3, -0.25) is 9.69 Å². The quantitative estimate of drug-likeness (QED) is 0.466. The van der Waals surface area contributed by atoms with Crippen LogP contribution in [0.3, 0.4) is 0 Å². The molecule has 1 N–H and O–H groups in total. The first-order valence-electron chi connectivity index (χ1n) is 11.8. The SMILES string of the molecule is CN(CCOc1cccc(CNC(=O)c2ccc(Oc3ccccc3)cc2)c1)C1CCOCC1. The van der Waals surface area contributed by atoms with Crippen molar-refractivity contribution in [1.29, 1.82) is 0 Å². The molecular weight excluding hydrogens is 428 g/mol. The first-order chi connectivity index (χ1) is 16.7. The van der Waals surface area contributed by atoms with E-state index in [-0.39, 0.29) is 5.91 Å². The molecule has 1 aliphatic rings. The molecule has 1 amide bonds. The highest BCUT2D eigenvalue weighted by molar-refractivity contribution is 5.94. The van der Waals surface area contributed by atoms with Gasteiger partial charge >= 0.3 is 0 Å². The molecule has 0 aliphatic carbocycles. The van der Waals surface area contributed by atoms with Crippen molar-refractivity contribution in [2.24, 2.45) is 0 Å². The summed E-state index contributed by atoms with van der Waals surface area (Å²) in [6.07, 6.45) is 2.16. The molecule has 3 aromatic rings. The highest BCUT2D eigenvalue weighted by Gasteiger charge is 2.18. The summed E-state index contributed by atoms with van der Waals surface area (Å²) >= 11 is 0. The summed E-state index contributed by atoms with van der Waals surface area (Å²) in [5.41, 5.74) is 1.58. The summed E-state index contributed by atoms with van der Waals surface area (Å²) in [6.45, 7) is 3.61. The number of amides is 1. The Morgan fingerprint density at radius 1 is 0.941 bits per heavy atom. The van der Waals surface area contributed by atoms with Crippen LogP contribution in [0.25, 0.3) is 0 Å². The molecule has 0 spiro atoms. The lowest BCUT2D eigenvalue weighted by Gasteiger charge is -2.31. The van der Waals surface area contributed by atoms with Crippen molar-refractivity contribution in [3.63, 3.8) is 0 Å². The van der Waals surface area contributed by atoms with Crippen LogP contribution < -0.4 is 14.8 Å². The van der Waals surface area contributed by atoms with Crippen LogP contribution in [-0.4, -0.2) is 50.3 Å². The van der Waals surface area contributed by atoms with Gasteiger partial charge in [-0.05, 0) is 74.0 Å². The summed E-state index contributed by atoms with van der Waals surface area (Å²) in [5.74, 6) is 2.14. The Morgan fingerprint density at radius 3 is 2.41 bits per heavy atom. The third-order valence-electron chi connectivity index (χ3n) is 5.97. The van der Waals surface area contributed by atoms with Crippen molar-refractivity contribution in [1.82, 2.24) is 10.2 Å². The van der Waals surface area contributed by atoms with Gasteiger partial charge in [-0.25, -0.2) is 0 Å². The van der Waals surface area contributed by atoms with Crippen LogP contribution in [0.4, 0.5) is 0 Å². The monoisotopic (exact) mass is 460 g/mol. The number of carbonyl (C=O) groups is 1. The van der Waals surface area contributed by atoms with Gasteiger partial charge in [0.2, 0.25) is 0 Å². The van der Waals surface area contributed by atoms with E-state index in [1.165, 1.54) is 0 Å². The van der Waals surface area contributed by atoms with Gasteiger partial charge in [-0.2, -0.15) is 0 Å². The lowest BCUT2D eigenvalue weighted by molar-refractivity contribution is 0.0392. The predicted molar refractivity (Wildman–Crippen MR) is 133 cm³/mol. The summed E-state index contributed by atoms with van der Waals surface area (Å²) < 4.78 is 17.2. The van der Waals surface area contributed by atoms with Crippen molar-refractivity contribution < 1.29 is 19.0 Å². The Hall–Kier alpha value is -3.35. The normalized spacial score (nSPS) is 14.1. The number of nitrogens with zero attached hydrogens (tertiary/aromatic N) is 1. The zero-order valence-corrected chi connectivity index (χ0v) is 19.6. The van der Waals surface area contributed by atoms with E-state index in [1.807, 2.05) is 54.6 Å². The van der Waals surface area contributed by atoms with E-state index < -0.39 is 0 Å². The average molecular weight is 461 g/mol. The summed E-state index contributed by atoms with van der Waals surface area (Å²) in [4.78, 5) is 14.9. The highest BCUT2D eigenvalue weighted by atomic mass is 16.5.